The van der Waals surface area contributed by atoms with Gasteiger partial charge in [0.25, 0.3) is 0 Å². The number of ether oxygens (including phenoxy) is 4. The van der Waals surface area contributed by atoms with E-state index in [4.69, 9.17) is 24.7 Å². The molecule has 0 amide bonds. The van der Waals surface area contributed by atoms with Crippen LogP contribution in [-0.2, 0) is 23.8 Å². The Balaban J connectivity index is 1.41. The first kappa shape index (κ1) is 25.2. The van der Waals surface area contributed by atoms with Crippen molar-refractivity contribution in [3.8, 4) is 5.75 Å². The fourth-order valence-electron chi connectivity index (χ4n) is 3.40. The van der Waals surface area contributed by atoms with Crippen LogP contribution in [0, 0.1) is 0 Å². The molecule has 190 valence electrons. The second kappa shape index (κ2) is 11.2. The van der Waals surface area contributed by atoms with Crippen LogP contribution in [0.5, 0.6) is 5.75 Å². The Morgan fingerprint density at radius 3 is 2.78 bits per heavy atom. The largest absolute Gasteiger partial charge is 0.468 e. The number of benzene rings is 1. The first-order chi connectivity index (χ1) is 17.4. The molecule has 0 aliphatic carbocycles. The van der Waals surface area contributed by atoms with Crippen LogP contribution in [0.25, 0.3) is 11.2 Å². The lowest BCUT2D eigenvalue weighted by molar-refractivity contribution is -0.158. The number of nitrogens with one attached hydrogen (secondary N) is 1. The summed E-state index contributed by atoms with van der Waals surface area (Å²) >= 11 is 0. The number of aromatic nitrogens is 4. The first-order valence-corrected chi connectivity index (χ1v) is 11.1. The van der Waals surface area contributed by atoms with E-state index in [-0.39, 0.29) is 18.1 Å². The highest BCUT2D eigenvalue weighted by atomic mass is 19.1. The number of esters is 1. The van der Waals surface area contributed by atoms with Crippen molar-refractivity contribution in [1.82, 2.24) is 24.8 Å². The lowest BCUT2D eigenvalue weighted by Gasteiger charge is -2.23. The summed E-state index contributed by atoms with van der Waals surface area (Å²) in [5.41, 5.74) is 6.36. The molecule has 3 heterocycles. The van der Waals surface area contributed by atoms with E-state index in [0.29, 0.717) is 11.3 Å². The Morgan fingerprint density at radius 1 is 1.25 bits per heavy atom. The van der Waals surface area contributed by atoms with Gasteiger partial charge < -0.3 is 24.7 Å². The summed E-state index contributed by atoms with van der Waals surface area (Å²) < 4.78 is 37.9. The zero-order chi connectivity index (χ0) is 25.7. The predicted octanol–water partition coefficient (Wildman–Crippen LogP) is 1.65. The number of rotatable bonds is 11. The maximum Gasteiger partial charge on any atom is 0.322 e. The normalized spacial score (nSPS) is 19.0. The van der Waals surface area contributed by atoms with E-state index in [1.165, 1.54) is 17.2 Å². The van der Waals surface area contributed by atoms with E-state index < -0.39 is 49.0 Å². The second-order valence-electron chi connectivity index (χ2n) is 7.72. The standard InChI is InChI=1S/C23H25FN6O6/c1-3-33-23(32)13(2)29-21(35-14-7-5-4-6-8-14)16(31)10-34-17-9-15(24)22(36-17)30-12-28-18-19(25)26-11-27-20(18)30/h4-9,11-13,17,21-22,29H,3,10H2,1-2H3,(H2,25,26,27)/t13?,17-,21?,22+/m0/s1. The topological polar surface area (TPSA) is 153 Å². The maximum absolute atomic E-state index is 14.7. The van der Waals surface area contributed by atoms with Crippen LogP contribution in [0.4, 0.5) is 10.2 Å². The summed E-state index contributed by atoms with van der Waals surface area (Å²) in [6.45, 7) is 2.91. The van der Waals surface area contributed by atoms with Crippen molar-refractivity contribution in [2.75, 3.05) is 18.9 Å². The van der Waals surface area contributed by atoms with Gasteiger partial charge in [0.05, 0.1) is 12.9 Å². The molecule has 0 radical (unpaired) electrons. The van der Waals surface area contributed by atoms with E-state index in [9.17, 15) is 14.0 Å². The number of fused-ring (bicyclic) bond motifs is 1. The van der Waals surface area contributed by atoms with Gasteiger partial charge >= 0.3 is 5.97 Å². The fraction of sp³-hybridized carbons (Fsp3) is 0.348. The van der Waals surface area contributed by atoms with E-state index in [2.05, 4.69) is 20.3 Å². The maximum atomic E-state index is 14.7. The van der Waals surface area contributed by atoms with Gasteiger partial charge in [0, 0.05) is 6.08 Å². The van der Waals surface area contributed by atoms with Crippen molar-refractivity contribution in [2.45, 2.75) is 38.6 Å². The monoisotopic (exact) mass is 500 g/mol. The molecule has 1 aliphatic heterocycles. The van der Waals surface area contributed by atoms with Crippen molar-refractivity contribution in [1.29, 1.82) is 0 Å². The number of nitrogens with two attached hydrogens (primary N) is 1. The molecule has 0 fully saturated rings. The molecular formula is C23H25FN6O6. The quantitative estimate of drug-likeness (QED) is 0.292. The number of imidazole rings is 1. The van der Waals surface area contributed by atoms with Gasteiger partial charge in [-0.05, 0) is 26.0 Å². The number of nitrogen functional groups attached to an aromatic ring is 1. The molecule has 4 atom stereocenters. The molecule has 0 bridgehead atoms. The average molecular weight is 500 g/mol. The van der Waals surface area contributed by atoms with Gasteiger partial charge in [-0.1, -0.05) is 18.2 Å². The molecule has 1 aromatic carbocycles. The minimum absolute atomic E-state index is 0.147. The van der Waals surface area contributed by atoms with Crippen LogP contribution in [-0.4, -0.2) is 63.0 Å². The zero-order valence-electron chi connectivity index (χ0n) is 19.5. The summed E-state index contributed by atoms with van der Waals surface area (Å²) in [7, 11) is 0. The number of carbonyl (C=O) groups is 2. The molecule has 0 spiro atoms. The molecule has 1 aliphatic rings. The van der Waals surface area contributed by atoms with Crippen LogP contribution in [0.2, 0.25) is 0 Å². The summed E-state index contributed by atoms with van der Waals surface area (Å²) in [6.07, 6.45) is 0.0335. The molecule has 4 rings (SSSR count). The minimum Gasteiger partial charge on any atom is -0.468 e. The van der Waals surface area contributed by atoms with Crippen molar-refractivity contribution >= 4 is 28.7 Å². The van der Waals surface area contributed by atoms with Gasteiger partial charge in [0.1, 0.15) is 30.2 Å². The van der Waals surface area contributed by atoms with Gasteiger partial charge in [-0.2, -0.15) is 0 Å². The molecule has 3 aromatic rings. The van der Waals surface area contributed by atoms with E-state index in [0.717, 1.165) is 6.08 Å². The number of hydrogen-bond donors (Lipinski definition) is 2. The number of Topliss-reactive ketones (excluding diaryl/α,β-unsaturated/α-hetero) is 1. The molecular weight excluding hydrogens is 475 g/mol. The van der Waals surface area contributed by atoms with Gasteiger partial charge in [0.15, 0.2) is 29.8 Å². The van der Waals surface area contributed by atoms with Crippen molar-refractivity contribution < 1.29 is 32.9 Å². The van der Waals surface area contributed by atoms with Crippen LogP contribution < -0.4 is 15.8 Å². The molecule has 12 nitrogen and oxygen atoms in total. The Bertz CT molecular complexity index is 1250. The second-order valence-corrected chi connectivity index (χ2v) is 7.72. The summed E-state index contributed by atoms with van der Waals surface area (Å²) in [5.74, 6) is -1.21. The summed E-state index contributed by atoms with van der Waals surface area (Å²) in [5, 5.41) is 2.80. The number of carbonyl (C=O) groups excluding carboxylic acids is 2. The summed E-state index contributed by atoms with van der Waals surface area (Å²) in [4.78, 5) is 37.0. The highest BCUT2D eigenvalue weighted by molar-refractivity contribution is 5.85. The zero-order valence-corrected chi connectivity index (χ0v) is 19.5. The Hall–Kier alpha value is -3.94. The summed E-state index contributed by atoms with van der Waals surface area (Å²) in [6, 6.07) is 7.75. The fourth-order valence-corrected chi connectivity index (χ4v) is 3.40. The Kier molecular flexibility index (Phi) is 7.83. The lowest BCUT2D eigenvalue weighted by atomic mass is 10.2. The molecule has 2 unspecified atom stereocenters. The van der Waals surface area contributed by atoms with Crippen molar-refractivity contribution in [3.63, 3.8) is 0 Å². The first-order valence-electron chi connectivity index (χ1n) is 11.1. The smallest absolute Gasteiger partial charge is 0.322 e. The van der Waals surface area contributed by atoms with Crippen molar-refractivity contribution in [3.05, 3.63) is 54.9 Å². The Labute approximate surface area is 205 Å². The average Bonchev–Trinajstić information content (AvgIpc) is 3.46. The number of anilines is 1. The van der Waals surface area contributed by atoms with E-state index in [1.807, 2.05) is 0 Å². The molecule has 13 heteroatoms. The van der Waals surface area contributed by atoms with Crippen molar-refractivity contribution in [2.24, 2.45) is 0 Å². The number of halogens is 1. The third kappa shape index (κ3) is 5.64. The van der Waals surface area contributed by atoms with Crippen LogP contribution >= 0.6 is 0 Å². The van der Waals surface area contributed by atoms with Gasteiger partial charge in [-0.3, -0.25) is 19.5 Å². The van der Waals surface area contributed by atoms with Crippen LogP contribution in [0.1, 0.15) is 20.1 Å². The highest BCUT2D eigenvalue weighted by Gasteiger charge is 2.33. The third-order valence-electron chi connectivity index (χ3n) is 5.15. The number of hydrogen-bond acceptors (Lipinski definition) is 11. The minimum atomic E-state index is -1.24. The van der Waals surface area contributed by atoms with Gasteiger partial charge in [-0.15, -0.1) is 0 Å². The molecule has 2 aromatic heterocycles. The number of ketones is 1. The molecule has 36 heavy (non-hydrogen) atoms. The van der Waals surface area contributed by atoms with Crippen LogP contribution in [0.3, 0.4) is 0 Å². The van der Waals surface area contributed by atoms with E-state index in [1.54, 1.807) is 44.2 Å². The predicted molar refractivity (Wildman–Crippen MR) is 124 cm³/mol. The number of para-hydroxylation sites is 1. The molecule has 0 saturated heterocycles. The van der Waals surface area contributed by atoms with Gasteiger partial charge in [0.2, 0.25) is 12.0 Å². The Morgan fingerprint density at radius 2 is 2.03 bits per heavy atom. The van der Waals surface area contributed by atoms with E-state index >= 15 is 0 Å². The SMILES string of the molecule is CCOC(=O)C(C)NC(Oc1ccccc1)C(=O)CO[C@@H]1C=C(F)[C@H](n2cnc3c(N)ncnc32)O1. The molecule has 3 N–H and O–H groups in total. The number of nitrogens with zero attached hydrogens (tertiary/aromatic N) is 4. The highest BCUT2D eigenvalue weighted by Crippen LogP contribution is 2.32. The molecule has 0 saturated carbocycles. The lowest BCUT2D eigenvalue weighted by Crippen LogP contribution is -2.50. The van der Waals surface area contributed by atoms with Crippen LogP contribution in [0.15, 0.2) is 54.9 Å². The van der Waals surface area contributed by atoms with Gasteiger partial charge in [-0.25, -0.2) is 19.3 Å². The third-order valence-corrected chi connectivity index (χ3v) is 5.15.